The van der Waals surface area contributed by atoms with Gasteiger partial charge in [-0.2, -0.15) is 14.7 Å². The molecule has 172 valence electrons. The molecule has 0 fully saturated rings. The third-order valence-corrected chi connectivity index (χ3v) is 5.68. The molecular weight excluding hydrogens is 430 g/mol. The maximum atomic E-state index is 14.1. The van der Waals surface area contributed by atoms with Crippen LogP contribution in [0, 0.1) is 11.6 Å². The summed E-state index contributed by atoms with van der Waals surface area (Å²) < 4.78 is 29.1. The predicted molar refractivity (Wildman–Crippen MR) is 119 cm³/mol. The fraction of sp³-hybridized carbons (Fsp3) is 0.364. The van der Waals surface area contributed by atoms with E-state index in [1.165, 1.54) is 16.8 Å². The van der Waals surface area contributed by atoms with Crippen LogP contribution < -0.4 is 5.73 Å². The molecule has 0 aliphatic carbocycles. The number of hydrogen-bond acceptors (Lipinski definition) is 7. The van der Waals surface area contributed by atoms with Crippen LogP contribution in [0.1, 0.15) is 48.6 Å². The van der Waals surface area contributed by atoms with Gasteiger partial charge < -0.3 is 10.6 Å². The first-order chi connectivity index (χ1) is 15.8. The van der Waals surface area contributed by atoms with Crippen molar-refractivity contribution in [1.82, 2.24) is 34.7 Å². The Kier molecular flexibility index (Phi) is 6.12. The number of nitrogen functional groups attached to an aromatic ring is 1. The molecule has 33 heavy (non-hydrogen) atoms. The first kappa shape index (κ1) is 22.4. The second-order valence-corrected chi connectivity index (χ2v) is 7.96. The number of carbonyl (C=O) groups is 1. The van der Waals surface area contributed by atoms with E-state index in [4.69, 9.17) is 5.73 Å². The van der Waals surface area contributed by atoms with Gasteiger partial charge in [0.05, 0.1) is 22.8 Å². The molecule has 0 bridgehead atoms. The maximum Gasteiger partial charge on any atom is 0.255 e. The van der Waals surface area contributed by atoms with Crippen LogP contribution in [-0.2, 0) is 12.8 Å². The normalized spacial score (nSPS) is 12.4. The van der Waals surface area contributed by atoms with Crippen molar-refractivity contribution in [3.63, 3.8) is 0 Å². The van der Waals surface area contributed by atoms with Crippen LogP contribution >= 0.6 is 0 Å². The van der Waals surface area contributed by atoms with Gasteiger partial charge >= 0.3 is 0 Å². The first-order valence-electron chi connectivity index (χ1n) is 10.7. The number of aryl methyl sites for hydroxylation is 2. The van der Waals surface area contributed by atoms with Crippen LogP contribution in [0.3, 0.4) is 0 Å². The van der Waals surface area contributed by atoms with Crippen molar-refractivity contribution in [2.75, 3.05) is 12.8 Å². The van der Waals surface area contributed by atoms with Crippen molar-refractivity contribution in [3.8, 4) is 0 Å². The number of amides is 1. The number of benzene rings is 1. The van der Waals surface area contributed by atoms with Gasteiger partial charge in [0.25, 0.3) is 5.91 Å². The Morgan fingerprint density at radius 3 is 2.79 bits per heavy atom. The van der Waals surface area contributed by atoms with Crippen molar-refractivity contribution in [2.45, 2.75) is 45.6 Å². The Labute approximate surface area is 188 Å². The number of hydrogen-bond donors (Lipinski definition) is 1. The second-order valence-electron chi connectivity index (χ2n) is 7.96. The lowest BCUT2D eigenvalue weighted by atomic mass is 10.1. The monoisotopic (exact) mass is 454 g/mol. The minimum Gasteiger partial charge on any atom is -0.368 e. The average Bonchev–Trinajstić information content (AvgIpc) is 3.24. The van der Waals surface area contributed by atoms with E-state index in [0.717, 1.165) is 11.8 Å². The molecule has 1 amide bonds. The third kappa shape index (κ3) is 4.43. The highest BCUT2D eigenvalue weighted by molar-refractivity contribution is 5.94. The minimum atomic E-state index is -0.805. The van der Waals surface area contributed by atoms with Crippen LogP contribution in [0.25, 0.3) is 16.6 Å². The third-order valence-electron chi connectivity index (χ3n) is 5.68. The van der Waals surface area contributed by atoms with Gasteiger partial charge in [0, 0.05) is 25.6 Å². The van der Waals surface area contributed by atoms with E-state index in [1.807, 2.05) is 13.8 Å². The molecule has 0 radical (unpaired) electrons. The van der Waals surface area contributed by atoms with Crippen molar-refractivity contribution in [2.24, 2.45) is 0 Å². The molecule has 0 spiro atoms. The molecule has 4 rings (SSSR count). The van der Waals surface area contributed by atoms with Crippen LogP contribution in [0.15, 0.2) is 24.4 Å². The van der Waals surface area contributed by atoms with Crippen LogP contribution in [0.2, 0.25) is 0 Å². The number of halogens is 2. The van der Waals surface area contributed by atoms with Gasteiger partial charge in [0.2, 0.25) is 5.95 Å². The van der Waals surface area contributed by atoms with E-state index in [0.29, 0.717) is 37.1 Å². The summed E-state index contributed by atoms with van der Waals surface area (Å²) in [5.74, 6) is -1.20. The van der Waals surface area contributed by atoms with Crippen molar-refractivity contribution >= 4 is 28.4 Å². The predicted octanol–water partition coefficient (Wildman–Crippen LogP) is 2.97. The van der Waals surface area contributed by atoms with Crippen LogP contribution in [-0.4, -0.2) is 53.7 Å². The zero-order valence-electron chi connectivity index (χ0n) is 18.6. The number of anilines is 1. The molecule has 3 heterocycles. The lowest BCUT2D eigenvalue weighted by Crippen LogP contribution is -2.35. The lowest BCUT2D eigenvalue weighted by Gasteiger charge is -2.25. The molecule has 2 N–H and O–H groups in total. The van der Waals surface area contributed by atoms with Crippen molar-refractivity contribution in [1.29, 1.82) is 0 Å². The molecule has 3 aromatic heterocycles. The van der Waals surface area contributed by atoms with Gasteiger partial charge in [0.1, 0.15) is 11.3 Å². The van der Waals surface area contributed by atoms with Gasteiger partial charge in [0.15, 0.2) is 17.3 Å². The summed E-state index contributed by atoms with van der Waals surface area (Å²) in [4.78, 5) is 22.9. The zero-order chi connectivity index (χ0) is 23.7. The highest BCUT2D eigenvalue weighted by Crippen LogP contribution is 2.24. The Morgan fingerprint density at radius 1 is 1.24 bits per heavy atom. The first-order valence-corrected chi connectivity index (χ1v) is 10.7. The molecular formula is C22H24F2N8O. The van der Waals surface area contributed by atoms with Crippen molar-refractivity contribution in [3.05, 3.63) is 53.1 Å². The number of aromatic nitrogens is 6. The van der Waals surface area contributed by atoms with E-state index in [2.05, 4.69) is 25.3 Å². The van der Waals surface area contributed by atoms with E-state index in [-0.39, 0.29) is 34.4 Å². The summed E-state index contributed by atoms with van der Waals surface area (Å²) in [6.45, 7) is 3.92. The molecule has 1 aromatic carbocycles. The number of nitrogens with zero attached hydrogens (tertiary/aromatic N) is 7. The largest absolute Gasteiger partial charge is 0.368 e. The molecule has 0 saturated heterocycles. The summed E-state index contributed by atoms with van der Waals surface area (Å²) in [6, 6.07) is 3.64. The quantitative estimate of drug-likeness (QED) is 0.456. The number of fused-ring (bicyclic) bond motifs is 3. The Bertz CT molecular complexity index is 1340. The van der Waals surface area contributed by atoms with E-state index in [9.17, 15) is 13.6 Å². The Hall–Kier alpha value is -3.76. The summed E-state index contributed by atoms with van der Waals surface area (Å²) in [7, 11) is 1.75. The molecule has 11 heteroatoms. The van der Waals surface area contributed by atoms with Gasteiger partial charge in [-0.25, -0.2) is 18.7 Å². The van der Waals surface area contributed by atoms with Crippen LogP contribution in [0.4, 0.5) is 14.7 Å². The van der Waals surface area contributed by atoms with E-state index < -0.39 is 11.6 Å². The van der Waals surface area contributed by atoms with Crippen molar-refractivity contribution < 1.29 is 13.6 Å². The molecule has 9 nitrogen and oxygen atoms in total. The fourth-order valence-corrected chi connectivity index (χ4v) is 3.66. The molecule has 0 unspecified atom stereocenters. The number of rotatable bonds is 7. The minimum absolute atomic E-state index is 0.0298. The summed E-state index contributed by atoms with van der Waals surface area (Å²) in [5, 5.41) is 12.4. The topological polar surface area (TPSA) is 115 Å². The highest BCUT2D eigenvalue weighted by Gasteiger charge is 2.19. The number of nitrogens with two attached hydrogens (primary N) is 1. The summed E-state index contributed by atoms with van der Waals surface area (Å²) in [5.41, 5.74) is 7.38. The Morgan fingerprint density at radius 2 is 2.03 bits per heavy atom. The molecule has 1 atom stereocenters. The molecule has 0 saturated carbocycles. The summed E-state index contributed by atoms with van der Waals surface area (Å²) >= 11 is 0. The fourth-order valence-electron chi connectivity index (χ4n) is 3.66. The van der Waals surface area contributed by atoms with Crippen LogP contribution in [0.5, 0.6) is 0 Å². The van der Waals surface area contributed by atoms with Gasteiger partial charge in [-0.05, 0) is 38.3 Å². The van der Waals surface area contributed by atoms with E-state index in [1.54, 1.807) is 18.0 Å². The lowest BCUT2D eigenvalue weighted by molar-refractivity contribution is 0.0735. The smallest absolute Gasteiger partial charge is 0.255 e. The maximum absolute atomic E-state index is 14.1. The molecule has 0 aliphatic rings. The highest BCUT2D eigenvalue weighted by atomic mass is 19.1. The Balaban J connectivity index is 1.45. The zero-order valence-corrected chi connectivity index (χ0v) is 18.6. The van der Waals surface area contributed by atoms with E-state index >= 15 is 0 Å². The average molecular weight is 454 g/mol. The molecule has 4 aromatic rings. The standard InChI is InChI=1S/C22H24F2N8O/c1-4-15-8-13(11-26-29-15)21(33)31(3)12(2)6-5-7-18-27-20-16-9-14(23)10-17(24)19(16)28-22(25)32(20)30-18/h8-12H,4-7H2,1-3H3,(H2,25,28)/t12-/m0/s1. The summed E-state index contributed by atoms with van der Waals surface area (Å²) in [6.07, 6.45) is 4.07. The van der Waals surface area contributed by atoms with Gasteiger partial charge in [-0.15, -0.1) is 5.10 Å². The SMILES string of the molecule is CCc1cc(C(=O)N(C)[C@@H](C)CCCc2nc3c4cc(F)cc(F)c4nc(N)n3n2)cnn1. The van der Waals surface area contributed by atoms with Gasteiger partial charge in [-0.1, -0.05) is 6.92 Å². The second kappa shape index (κ2) is 9.00. The number of carbonyl (C=O) groups excluding carboxylic acids is 1. The van der Waals surface area contributed by atoms with Gasteiger partial charge in [-0.3, -0.25) is 4.79 Å². The molecule has 0 aliphatic heterocycles.